The highest BCUT2D eigenvalue weighted by Crippen LogP contribution is 2.17. The van der Waals surface area contributed by atoms with Crippen LogP contribution < -0.4 is 15.4 Å². The number of methoxy groups -OCH3 is 1. The first-order chi connectivity index (χ1) is 13.8. The molecule has 0 aromatic heterocycles. The van der Waals surface area contributed by atoms with E-state index in [1.807, 2.05) is 24.3 Å². The molecule has 28 heavy (non-hydrogen) atoms. The first kappa shape index (κ1) is 22.5. The van der Waals surface area contributed by atoms with E-state index >= 15 is 0 Å². The van der Waals surface area contributed by atoms with Gasteiger partial charge in [0, 0.05) is 45.5 Å². The summed E-state index contributed by atoms with van der Waals surface area (Å²) in [6.45, 7) is 6.15. The fraction of sp³-hybridized carbons (Fsp3) is 0.682. The molecule has 0 amide bonds. The van der Waals surface area contributed by atoms with E-state index in [9.17, 15) is 0 Å². The number of unbranched alkanes of at least 4 members (excludes halogenated alkanes) is 2. The third kappa shape index (κ3) is 9.42. The van der Waals surface area contributed by atoms with Crippen molar-refractivity contribution in [2.24, 2.45) is 4.99 Å². The maximum absolute atomic E-state index is 5.76. The molecular weight excluding hydrogens is 352 g/mol. The first-order valence-electron chi connectivity index (χ1n) is 10.7. The summed E-state index contributed by atoms with van der Waals surface area (Å²) in [5, 5.41) is 6.74. The number of nitrogens with zero attached hydrogens (tertiary/aromatic N) is 2. The summed E-state index contributed by atoms with van der Waals surface area (Å²) in [6, 6.07) is 7.98. The molecule has 2 N–H and O–H groups in total. The smallest absolute Gasteiger partial charge is 0.195 e. The molecule has 1 aromatic carbocycles. The second-order valence-electron chi connectivity index (χ2n) is 7.31. The van der Waals surface area contributed by atoms with Crippen LogP contribution in [-0.2, 0) is 4.74 Å². The number of likely N-dealkylation sites (tertiary alicyclic amines) is 1. The Hall–Kier alpha value is -1.79. The van der Waals surface area contributed by atoms with Gasteiger partial charge in [0.05, 0.1) is 6.61 Å². The molecule has 0 saturated carbocycles. The van der Waals surface area contributed by atoms with Crippen LogP contribution >= 0.6 is 0 Å². The van der Waals surface area contributed by atoms with Crippen LogP contribution in [0.25, 0.3) is 0 Å². The van der Waals surface area contributed by atoms with Crippen LogP contribution in [0.5, 0.6) is 5.75 Å². The molecule has 0 atom stereocenters. The number of hydrogen-bond acceptors (Lipinski definition) is 4. The molecule has 158 valence electrons. The fourth-order valence-corrected chi connectivity index (χ4v) is 3.40. The Bertz CT molecular complexity index is 559. The van der Waals surface area contributed by atoms with Gasteiger partial charge in [-0.25, -0.2) is 0 Å². The molecule has 6 nitrogen and oxygen atoms in total. The van der Waals surface area contributed by atoms with Gasteiger partial charge in [-0.3, -0.25) is 4.99 Å². The second kappa shape index (κ2) is 14.2. The number of guanidine groups is 1. The van der Waals surface area contributed by atoms with Crippen LogP contribution in [0.4, 0.5) is 5.69 Å². The molecule has 0 aliphatic carbocycles. The average molecular weight is 391 g/mol. The van der Waals surface area contributed by atoms with Gasteiger partial charge in [0.2, 0.25) is 0 Å². The Labute approximate surface area is 170 Å². The molecule has 1 saturated heterocycles. The zero-order valence-electron chi connectivity index (χ0n) is 17.7. The lowest BCUT2D eigenvalue weighted by Gasteiger charge is -2.26. The quantitative estimate of drug-likeness (QED) is 0.323. The van der Waals surface area contributed by atoms with Crippen LogP contribution in [0.3, 0.4) is 0 Å². The van der Waals surface area contributed by atoms with Gasteiger partial charge in [0.25, 0.3) is 0 Å². The number of hydrogen-bond donors (Lipinski definition) is 2. The minimum atomic E-state index is 0.654. The summed E-state index contributed by atoms with van der Waals surface area (Å²) in [4.78, 5) is 6.93. The molecule has 0 radical (unpaired) electrons. The van der Waals surface area contributed by atoms with E-state index in [0.717, 1.165) is 36.8 Å². The number of nitrogens with one attached hydrogen (secondary N) is 2. The van der Waals surface area contributed by atoms with Gasteiger partial charge in [-0.05, 0) is 57.5 Å². The van der Waals surface area contributed by atoms with E-state index in [2.05, 4.69) is 20.5 Å². The molecule has 2 rings (SSSR count). The number of benzene rings is 1. The lowest BCUT2D eigenvalue weighted by molar-refractivity contribution is 0.172. The molecule has 1 fully saturated rings. The Morgan fingerprint density at radius 3 is 2.71 bits per heavy atom. The summed E-state index contributed by atoms with van der Waals surface area (Å²) in [6.07, 6.45) is 8.76. The molecule has 1 aliphatic heterocycles. The largest absolute Gasteiger partial charge is 0.493 e. The summed E-state index contributed by atoms with van der Waals surface area (Å²) < 4.78 is 10.8. The van der Waals surface area contributed by atoms with Crippen LogP contribution in [0, 0.1) is 0 Å². The standard InChI is InChI=1S/C22H38N4O2/c1-23-22(24-13-5-3-6-14-26-15-7-4-8-16-26)25-20-11-9-12-21(19-20)28-18-10-17-27-2/h9,11-12,19H,3-8,10,13-18H2,1-2H3,(H2,23,24,25). The third-order valence-corrected chi connectivity index (χ3v) is 4.97. The van der Waals surface area contributed by atoms with Crippen molar-refractivity contribution in [1.82, 2.24) is 10.2 Å². The van der Waals surface area contributed by atoms with Crippen molar-refractivity contribution in [3.05, 3.63) is 24.3 Å². The van der Waals surface area contributed by atoms with E-state index < -0.39 is 0 Å². The predicted molar refractivity (Wildman–Crippen MR) is 118 cm³/mol. The number of anilines is 1. The highest BCUT2D eigenvalue weighted by atomic mass is 16.5. The second-order valence-corrected chi connectivity index (χ2v) is 7.31. The Kier molecular flexibility index (Phi) is 11.4. The van der Waals surface area contributed by atoms with Crippen LogP contribution in [0.2, 0.25) is 0 Å². The summed E-state index contributed by atoms with van der Waals surface area (Å²) in [7, 11) is 3.51. The lowest BCUT2D eigenvalue weighted by atomic mass is 10.1. The van der Waals surface area contributed by atoms with Gasteiger partial charge in [-0.15, -0.1) is 0 Å². The maximum Gasteiger partial charge on any atom is 0.195 e. The van der Waals surface area contributed by atoms with Crippen LogP contribution in [0.15, 0.2) is 29.3 Å². The van der Waals surface area contributed by atoms with Crippen molar-refractivity contribution in [2.45, 2.75) is 44.9 Å². The Balaban J connectivity index is 1.61. The average Bonchev–Trinajstić information content (AvgIpc) is 2.74. The number of piperidine rings is 1. The Morgan fingerprint density at radius 1 is 1.07 bits per heavy atom. The van der Waals surface area contributed by atoms with Crippen LogP contribution in [0.1, 0.15) is 44.9 Å². The summed E-state index contributed by atoms with van der Waals surface area (Å²) in [5.41, 5.74) is 0.974. The minimum Gasteiger partial charge on any atom is -0.493 e. The number of ether oxygens (including phenoxy) is 2. The van der Waals surface area contributed by atoms with Crippen molar-refractivity contribution < 1.29 is 9.47 Å². The topological polar surface area (TPSA) is 58.1 Å². The van der Waals surface area contributed by atoms with Gasteiger partial charge >= 0.3 is 0 Å². The maximum atomic E-state index is 5.76. The van der Waals surface area contributed by atoms with E-state index in [1.54, 1.807) is 14.2 Å². The van der Waals surface area contributed by atoms with Gasteiger partial charge in [0.1, 0.15) is 5.75 Å². The molecule has 0 bridgehead atoms. The van der Waals surface area contributed by atoms with Gasteiger partial charge in [-0.1, -0.05) is 18.9 Å². The van der Waals surface area contributed by atoms with Gasteiger partial charge in [0.15, 0.2) is 5.96 Å². The fourth-order valence-electron chi connectivity index (χ4n) is 3.40. The predicted octanol–water partition coefficient (Wildman–Crippen LogP) is 3.75. The van der Waals surface area contributed by atoms with Crippen molar-refractivity contribution in [2.75, 3.05) is 58.9 Å². The first-order valence-corrected chi connectivity index (χ1v) is 10.7. The van der Waals surface area contributed by atoms with Crippen molar-refractivity contribution in [1.29, 1.82) is 0 Å². The summed E-state index contributed by atoms with van der Waals surface area (Å²) >= 11 is 0. The number of aliphatic imine (C=N–C) groups is 1. The molecule has 1 heterocycles. The van der Waals surface area contributed by atoms with E-state index in [4.69, 9.17) is 9.47 Å². The van der Waals surface area contributed by atoms with E-state index in [1.165, 1.54) is 51.7 Å². The van der Waals surface area contributed by atoms with Crippen molar-refractivity contribution in [3.8, 4) is 5.75 Å². The van der Waals surface area contributed by atoms with Gasteiger partial charge < -0.3 is 25.0 Å². The third-order valence-electron chi connectivity index (χ3n) is 4.97. The molecular formula is C22H38N4O2. The summed E-state index contributed by atoms with van der Waals surface area (Å²) in [5.74, 6) is 1.65. The lowest BCUT2D eigenvalue weighted by Crippen LogP contribution is -2.32. The van der Waals surface area contributed by atoms with Crippen LogP contribution in [-0.4, -0.2) is 64.4 Å². The zero-order chi connectivity index (χ0) is 19.9. The van der Waals surface area contributed by atoms with E-state index in [0.29, 0.717) is 13.2 Å². The van der Waals surface area contributed by atoms with Crippen molar-refractivity contribution in [3.63, 3.8) is 0 Å². The highest BCUT2D eigenvalue weighted by molar-refractivity contribution is 5.93. The van der Waals surface area contributed by atoms with Crippen molar-refractivity contribution >= 4 is 11.6 Å². The molecule has 0 spiro atoms. The highest BCUT2D eigenvalue weighted by Gasteiger charge is 2.08. The molecule has 1 aliphatic rings. The monoisotopic (exact) mass is 390 g/mol. The molecule has 6 heteroatoms. The van der Waals surface area contributed by atoms with E-state index in [-0.39, 0.29) is 0 Å². The number of rotatable bonds is 12. The molecule has 0 unspecified atom stereocenters. The van der Waals surface area contributed by atoms with Gasteiger partial charge in [-0.2, -0.15) is 0 Å². The zero-order valence-corrected chi connectivity index (χ0v) is 17.7. The Morgan fingerprint density at radius 2 is 1.93 bits per heavy atom. The normalized spacial score (nSPS) is 15.4. The minimum absolute atomic E-state index is 0.654. The molecule has 1 aromatic rings. The SMILES string of the molecule is CN=C(NCCCCCN1CCCCC1)Nc1cccc(OCCCOC)c1.